The molecule has 0 saturated carbocycles. The first-order valence-electron chi connectivity index (χ1n) is 8.45. The van der Waals surface area contributed by atoms with Crippen LogP contribution < -0.4 is 5.32 Å². The van der Waals surface area contributed by atoms with Crippen LogP contribution >= 0.6 is 0 Å². The van der Waals surface area contributed by atoms with Crippen LogP contribution in [0.5, 0.6) is 0 Å². The lowest BCUT2D eigenvalue weighted by atomic mass is 10.1. The normalized spacial score (nSPS) is 12.2. The second-order valence-corrected chi connectivity index (χ2v) is 7.60. The Morgan fingerprint density at radius 3 is 2.64 bits per heavy atom. The van der Waals surface area contributed by atoms with E-state index >= 15 is 0 Å². The molecule has 5 nitrogen and oxygen atoms in total. The van der Waals surface area contributed by atoms with Crippen LogP contribution in [0.2, 0.25) is 0 Å². The van der Waals surface area contributed by atoms with Gasteiger partial charge in [-0.25, -0.2) is 4.98 Å². The molecule has 0 saturated heterocycles. The van der Waals surface area contributed by atoms with E-state index in [2.05, 4.69) is 67.0 Å². The van der Waals surface area contributed by atoms with Gasteiger partial charge in [0.05, 0.1) is 5.69 Å². The predicted octanol–water partition coefficient (Wildman–Crippen LogP) is 4.97. The molecular weight excluding hydrogens is 312 g/mol. The van der Waals surface area contributed by atoms with Crippen LogP contribution in [-0.2, 0) is 0 Å². The smallest absolute Gasteiger partial charge is 0.167 e. The van der Waals surface area contributed by atoms with Crippen molar-refractivity contribution in [1.29, 1.82) is 0 Å². The Morgan fingerprint density at radius 2 is 1.88 bits per heavy atom. The number of hydrogen-bond acceptors (Lipinski definition) is 4. The maximum absolute atomic E-state index is 5.33. The average Bonchev–Trinajstić information content (AvgIpc) is 3.07. The Morgan fingerprint density at radius 1 is 1.08 bits per heavy atom. The third kappa shape index (κ3) is 2.76. The molecule has 0 atom stereocenters. The minimum Gasteiger partial charge on any atom is -0.365 e. The van der Waals surface area contributed by atoms with Crippen molar-refractivity contribution in [1.82, 2.24) is 14.5 Å². The van der Waals surface area contributed by atoms with Gasteiger partial charge in [-0.3, -0.25) is 4.40 Å². The maximum atomic E-state index is 5.33. The first kappa shape index (κ1) is 15.7. The standard InChI is InChI=1S/C20H22N4O/c1-12-6-9-17-21-18(19(24(17)11-12)22-20(3,4)5)14-7-8-16-15(10-14)13(2)23-25-16/h6-11,22H,1-5H3. The molecule has 0 unspecified atom stereocenters. The van der Waals surface area contributed by atoms with E-state index < -0.39 is 0 Å². The molecule has 1 N–H and O–H groups in total. The van der Waals surface area contributed by atoms with Crippen LogP contribution in [-0.4, -0.2) is 20.1 Å². The predicted molar refractivity (Wildman–Crippen MR) is 101 cm³/mol. The number of benzene rings is 1. The summed E-state index contributed by atoms with van der Waals surface area (Å²) in [6.07, 6.45) is 2.11. The van der Waals surface area contributed by atoms with E-state index in [4.69, 9.17) is 9.51 Å². The van der Waals surface area contributed by atoms with E-state index in [1.54, 1.807) is 0 Å². The van der Waals surface area contributed by atoms with Gasteiger partial charge in [0, 0.05) is 22.7 Å². The van der Waals surface area contributed by atoms with Crippen LogP contribution in [0.4, 0.5) is 5.82 Å². The lowest BCUT2D eigenvalue weighted by molar-refractivity contribution is 0.450. The first-order chi connectivity index (χ1) is 11.8. The van der Waals surface area contributed by atoms with Crippen LogP contribution in [0.15, 0.2) is 41.1 Å². The van der Waals surface area contributed by atoms with Gasteiger partial charge in [-0.1, -0.05) is 11.2 Å². The SMILES string of the molecule is Cc1ccc2nc(-c3ccc4onc(C)c4c3)c(NC(C)(C)C)n2c1. The molecule has 3 aromatic heterocycles. The number of imidazole rings is 1. The topological polar surface area (TPSA) is 55.4 Å². The molecule has 0 bridgehead atoms. The number of pyridine rings is 1. The van der Waals surface area contributed by atoms with Crippen molar-refractivity contribution < 1.29 is 4.52 Å². The maximum Gasteiger partial charge on any atom is 0.167 e. The van der Waals surface area contributed by atoms with Crippen LogP contribution in [0, 0.1) is 13.8 Å². The summed E-state index contributed by atoms with van der Waals surface area (Å²) in [5.74, 6) is 1.000. The van der Waals surface area contributed by atoms with Gasteiger partial charge < -0.3 is 9.84 Å². The fourth-order valence-corrected chi connectivity index (χ4v) is 3.03. The quantitative estimate of drug-likeness (QED) is 0.562. The molecule has 128 valence electrons. The molecule has 0 aliphatic heterocycles. The largest absolute Gasteiger partial charge is 0.365 e. The number of anilines is 1. The van der Waals surface area contributed by atoms with Crippen molar-refractivity contribution in [3.05, 3.63) is 47.8 Å². The monoisotopic (exact) mass is 334 g/mol. The molecule has 4 rings (SSSR count). The lowest BCUT2D eigenvalue weighted by Gasteiger charge is -2.22. The molecule has 0 amide bonds. The fourth-order valence-electron chi connectivity index (χ4n) is 3.03. The fraction of sp³-hybridized carbons (Fsp3) is 0.300. The molecule has 25 heavy (non-hydrogen) atoms. The molecule has 0 aliphatic carbocycles. The zero-order chi connectivity index (χ0) is 17.8. The summed E-state index contributed by atoms with van der Waals surface area (Å²) >= 11 is 0. The third-order valence-corrected chi connectivity index (χ3v) is 4.18. The Balaban J connectivity index is 1.98. The van der Waals surface area contributed by atoms with Gasteiger partial charge in [-0.2, -0.15) is 0 Å². The number of nitrogens with one attached hydrogen (secondary N) is 1. The van der Waals surface area contributed by atoms with Crippen molar-refractivity contribution in [2.24, 2.45) is 0 Å². The van der Waals surface area contributed by atoms with E-state index in [-0.39, 0.29) is 5.54 Å². The minimum atomic E-state index is -0.0777. The number of nitrogens with zero attached hydrogens (tertiary/aromatic N) is 3. The Hall–Kier alpha value is -2.82. The Kier molecular flexibility index (Phi) is 3.35. The summed E-state index contributed by atoms with van der Waals surface area (Å²) in [5.41, 5.74) is 5.71. The Bertz CT molecular complexity index is 1080. The van der Waals surface area contributed by atoms with Gasteiger partial charge >= 0.3 is 0 Å². The minimum absolute atomic E-state index is 0.0777. The van der Waals surface area contributed by atoms with Gasteiger partial charge in [0.15, 0.2) is 5.58 Å². The van der Waals surface area contributed by atoms with E-state index in [0.29, 0.717) is 0 Å². The number of aryl methyl sites for hydroxylation is 2. The van der Waals surface area contributed by atoms with Crippen molar-refractivity contribution in [2.75, 3.05) is 5.32 Å². The highest BCUT2D eigenvalue weighted by Crippen LogP contribution is 2.33. The molecule has 0 fully saturated rings. The summed E-state index contributed by atoms with van der Waals surface area (Å²) in [5, 5.41) is 8.69. The molecular formula is C20H22N4O. The lowest BCUT2D eigenvalue weighted by Crippen LogP contribution is -2.27. The van der Waals surface area contributed by atoms with Crippen molar-refractivity contribution in [3.63, 3.8) is 0 Å². The Labute approximate surface area is 146 Å². The second-order valence-electron chi connectivity index (χ2n) is 7.60. The highest BCUT2D eigenvalue weighted by molar-refractivity contribution is 5.87. The molecule has 1 aromatic carbocycles. The summed E-state index contributed by atoms with van der Waals surface area (Å²) in [7, 11) is 0. The van der Waals surface area contributed by atoms with E-state index in [1.807, 2.05) is 19.1 Å². The van der Waals surface area contributed by atoms with E-state index in [1.165, 1.54) is 5.56 Å². The second kappa shape index (κ2) is 5.34. The first-order valence-corrected chi connectivity index (χ1v) is 8.45. The highest BCUT2D eigenvalue weighted by atomic mass is 16.5. The number of rotatable bonds is 2. The van der Waals surface area contributed by atoms with Crippen LogP contribution in [0.25, 0.3) is 27.9 Å². The van der Waals surface area contributed by atoms with E-state index in [0.717, 1.165) is 39.4 Å². The van der Waals surface area contributed by atoms with Gasteiger partial charge in [0.1, 0.15) is 17.2 Å². The molecule has 4 aromatic rings. The number of fused-ring (bicyclic) bond motifs is 2. The van der Waals surface area contributed by atoms with Gasteiger partial charge in [-0.05, 0) is 64.4 Å². The van der Waals surface area contributed by atoms with Gasteiger partial charge in [0.2, 0.25) is 0 Å². The average molecular weight is 334 g/mol. The zero-order valence-corrected chi connectivity index (χ0v) is 15.2. The van der Waals surface area contributed by atoms with Crippen LogP contribution in [0.3, 0.4) is 0 Å². The molecule has 3 heterocycles. The summed E-state index contributed by atoms with van der Waals surface area (Å²) in [6, 6.07) is 10.2. The van der Waals surface area contributed by atoms with Gasteiger partial charge in [0.25, 0.3) is 0 Å². The van der Waals surface area contributed by atoms with Crippen molar-refractivity contribution >= 4 is 22.4 Å². The summed E-state index contributed by atoms with van der Waals surface area (Å²) in [4.78, 5) is 4.88. The van der Waals surface area contributed by atoms with Crippen LogP contribution in [0.1, 0.15) is 32.0 Å². The van der Waals surface area contributed by atoms with Crippen molar-refractivity contribution in [2.45, 2.75) is 40.2 Å². The molecule has 0 radical (unpaired) electrons. The zero-order valence-electron chi connectivity index (χ0n) is 15.2. The van der Waals surface area contributed by atoms with E-state index in [9.17, 15) is 0 Å². The van der Waals surface area contributed by atoms with Crippen molar-refractivity contribution in [3.8, 4) is 11.3 Å². The molecule has 5 heteroatoms. The summed E-state index contributed by atoms with van der Waals surface area (Å²) in [6.45, 7) is 10.5. The highest BCUT2D eigenvalue weighted by Gasteiger charge is 2.20. The number of aromatic nitrogens is 3. The third-order valence-electron chi connectivity index (χ3n) is 4.18. The number of hydrogen-bond donors (Lipinski definition) is 1. The van der Waals surface area contributed by atoms with Gasteiger partial charge in [-0.15, -0.1) is 0 Å². The molecule has 0 spiro atoms. The molecule has 0 aliphatic rings. The summed E-state index contributed by atoms with van der Waals surface area (Å²) < 4.78 is 7.46.